The molecule has 1 aliphatic heterocycles. The lowest BCUT2D eigenvalue weighted by molar-refractivity contribution is -0.141. The fourth-order valence-electron chi connectivity index (χ4n) is 2.03. The number of nitrogens with zero attached hydrogens (tertiary/aromatic N) is 1. The van der Waals surface area contributed by atoms with Gasteiger partial charge >= 0.3 is 12.1 Å². The summed E-state index contributed by atoms with van der Waals surface area (Å²) in [5.74, 6) is -1.05. The maximum atomic E-state index is 11.8. The maximum absolute atomic E-state index is 11.8. The lowest BCUT2D eigenvalue weighted by atomic mass is 10.1. The number of likely N-dealkylation sites (tertiary alicyclic amines) is 1. The van der Waals surface area contributed by atoms with Crippen molar-refractivity contribution in [3.05, 3.63) is 12.7 Å². The van der Waals surface area contributed by atoms with Gasteiger partial charge in [0.15, 0.2) is 0 Å². The van der Waals surface area contributed by atoms with Gasteiger partial charge in [-0.3, -0.25) is 4.90 Å². The van der Waals surface area contributed by atoms with E-state index < -0.39 is 18.1 Å². The van der Waals surface area contributed by atoms with Gasteiger partial charge in [-0.2, -0.15) is 0 Å². The summed E-state index contributed by atoms with van der Waals surface area (Å²) in [6.07, 6.45) is 0.771. The molecule has 6 heteroatoms. The summed E-state index contributed by atoms with van der Waals surface area (Å²) in [6.45, 7) is 9.40. The van der Waals surface area contributed by atoms with E-state index in [1.165, 1.54) is 11.0 Å². The number of carbonyl (C=O) groups is 2. The molecule has 1 aliphatic rings. The Morgan fingerprint density at radius 2 is 2.11 bits per heavy atom. The molecule has 0 aromatic rings. The second kappa shape index (κ2) is 6.06. The van der Waals surface area contributed by atoms with Crippen molar-refractivity contribution in [3.63, 3.8) is 0 Å². The minimum Gasteiger partial charge on any atom is -0.480 e. The van der Waals surface area contributed by atoms with E-state index in [0.717, 1.165) is 0 Å². The first-order chi connectivity index (χ1) is 8.74. The molecule has 0 aromatic carbocycles. The third-order valence-corrected chi connectivity index (χ3v) is 2.63. The van der Waals surface area contributed by atoms with Gasteiger partial charge in [0.2, 0.25) is 0 Å². The predicted octanol–water partition coefficient (Wildman–Crippen LogP) is 1.65. The molecule has 0 aliphatic carbocycles. The van der Waals surface area contributed by atoms with Crippen molar-refractivity contribution in [2.45, 2.75) is 44.9 Å². The van der Waals surface area contributed by atoms with Crippen LogP contribution in [0.15, 0.2) is 12.7 Å². The first kappa shape index (κ1) is 15.5. The second-order valence-electron chi connectivity index (χ2n) is 5.46. The van der Waals surface area contributed by atoms with Gasteiger partial charge in [-0.25, -0.2) is 9.59 Å². The van der Waals surface area contributed by atoms with E-state index in [1.807, 2.05) is 20.8 Å². The Morgan fingerprint density at radius 1 is 1.47 bits per heavy atom. The minimum absolute atomic E-state index is 0.0620. The largest absolute Gasteiger partial charge is 0.480 e. The van der Waals surface area contributed by atoms with Crippen LogP contribution >= 0.6 is 0 Å². The summed E-state index contributed by atoms with van der Waals surface area (Å²) in [4.78, 5) is 24.1. The van der Waals surface area contributed by atoms with Crippen LogP contribution in [0.25, 0.3) is 0 Å². The molecule has 1 saturated heterocycles. The summed E-state index contributed by atoms with van der Waals surface area (Å²) in [6, 6.07) is -0.898. The number of hydrogen-bond donors (Lipinski definition) is 1. The van der Waals surface area contributed by atoms with Gasteiger partial charge in [0.25, 0.3) is 0 Å². The highest BCUT2D eigenvalue weighted by Gasteiger charge is 2.42. The molecule has 0 radical (unpaired) electrons. The van der Waals surface area contributed by atoms with Crippen molar-refractivity contribution in [2.75, 3.05) is 13.2 Å². The van der Waals surface area contributed by atoms with Crippen molar-refractivity contribution in [2.24, 2.45) is 0 Å². The molecular formula is C13H21NO5. The van der Waals surface area contributed by atoms with Gasteiger partial charge in [-0.1, -0.05) is 12.7 Å². The molecule has 1 rings (SSSR count). The van der Waals surface area contributed by atoms with Crippen LogP contribution in [0, 0.1) is 0 Å². The molecule has 0 saturated carbocycles. The van der Waals surface area contributed by atoms with Gasteiger partial charge < -0.3 is 14.6 Å². The molecule has 0 spiro atoms. The smallest absolute Gasteiger partial charge is 0.410 e. The molecule has 1 heterocycles. The number of ether oxygens (including phenoxy) is 2. The molecule has 6 nitrogen and oxygen atoms in total. The SMILES string of the molecule is C=CCOC(=O)N1C[C@H](OC(C)(C)C)C[C@H]1C(=O)O. The van der Waals surface area contributed by atoms with Crippen molar-refractivity contribution in [1.82, 2.24) is 4.90 Å². The Hall–Kier alpha value is -1.56. The van der Waals surface area contributed by atoms with Crippen LogP contribution < -0.4 is 0 Å². The van der Waals surface area contributed by atoms with Gasteiger partial charge in [0.1, 0.15) is 12.6 Å². The molecule has 0 bridgehead atoms. The lowest BCUT2D eigenvalue weighted by Gasteiger charge is -2.24. The van der Waals surface area contributed by atoms with Crippen molar-refractivity contribution in [3.8, 4) is 0 Å². The Balaban J connectivity index is 2.70. The maximum Gasteiger partial charge on any atom is 0.410 e. The molecule has 1 amide bonds. The Kier molecular flexibility index (Phi) is 4.94. The Morgan fingerprint density at radius 3 is 2.58 bits per heavy atom. The summed E-state index contributed by atoms with van der Waals surface area (Å²) >= 11 is 0. The quantitative estimate of drug-likeness (QED) is 0.787. The third kappa shape index (κ3) is 4.55. The Bertz CT molecular complexity index is 361. The molecule has 19 heavy (non-hydrogen) atoms. The van der Waals surface area contributed by atoms with Crippen LogP contribution in [0.2, 0.25) is 0 Å². The van der Waals surface area contributed by atoms with Crippen LogP contribution in [0.1, 0.15) is 27.2 Å². The number of aliphatic carboxylic acids is 1. The molecule has 1 N–H and O–H groups in total. The van der Waals surface area contributed by atoms with Crippen molar-refractivity contribution < 1.29 is 24.2 Å². The van der Waals surface area contributed by atoms with E-state index in [9.17, 15) is 9.59 Å². The average Bonchev–Trinajstić information content (AvgIpc) is 2.67. The lowest BCUT2D eigenvalue weighted by Crippen LogP contribution is -2.41. The topological polar surface area (TPSA) is 76.1 Å². The molecule has 0 unspecified atom stereocenters. The van der Waals surface area contributed by atoms with Gasteiger partial charge in [0, 0.05) is 6.42 Å². The van der Waals surface area contributed by atoms with Crippen molar-refractivity contribution >= 4 is 12.1 Å². The zero-order valence-corrected chi connectivity index (χ0v) is 11.6. The average molecular weight is 271 g/mol. The van der Waals surface area contributed by atoms with Gasteiger partial charge in [-0.15, -0.1) is 0 Å². The summed E-state index contributed by atoms with van der Waals surface area (Å²) < 4.78 is 10.6. The molecular weight excluding hydrogens is 250 g/mol. The summed E-state index contributed by atoms with van der Waals surface area (Å²) in [5.41, 5.74) is -0.380. The van der Waals surface area contributed by atoms with Gasteiger partial charge in [-0.05, 0) is 20.8 Å². The fourth-order valence-corrected chi connectivity index (χ4v) is 2.03. The fraction of sp³-hybridized carbons (Fsp3) is 0.692. The number of rotatable bonds is 4. The standard InChI is InChI=1S/C13H21NO5/c1-5-6-18-12(17)14-8-9(19-13(2,3)4)7-10(14)11(15)16/h5,9-10H,1,6-8H2,2-4H3,(H,15,16)/t9-,10+/m1/s1. The second-order valence-corrected chi connectivity index (χ2v) is 5.46. The normalized spacial score (nSPS) is 23.2. The van der Waals surface area contributed by atoms with E-state index in [4.69, 9.17) is 14.6 Å². The van der Waals surface area contributed by atoms with E-state index in [0.29, 0.717) is 0 Å². The van der Waals surface area contributed by atoms with E-state index in [2.05, 4.69) is 6.58 Å². The van der Waals surface area contributed by atoms with E-state index in [1.54, 1.807) is 0 Å². The highest BCUT2D eigenvalue weighted by atomic mass is 16.6. The molecule has 2 atom stereocenters. The molecule has 0 aromatic heterocycles. The Labute approximate surface area is 113 Å². The van der Waals surface area contributed by atoms with E-state index in [-0.39, 0.29) is 31.3 Å². The zero-order valence-electron chi connectivity index (χ0n) is 11.6. The monoisotopic (exact) mass is 271 g/mol. The summed E-state index contributed by atoms with van der Waals surface area (Å²) in [7, 11) is 0. The molecule has 1 fully saturated rings. The van der Waals surface area contributed by atoms with E-state index >= 15 is 0 Å². The number of carboxylic acid groups (broad SMARTS) is 1. The minimum atomic E-state index is -1.05. The number of hydrogen-bond acceptors (Lipinski definition) is 4. The number of carboxylic acids is 1. The van der Waals surface area contributed by atoms with Crippen LogP contribution in [-0.4, -0.2) is 53.0 Å². The predicted molar refractivity (Wildman–Crippen MR) is 68.9 cm³/mol. The van der Waals surface area contributed by atoms with Crippen LogP contribution in [0.5, 0.6) is 0 Å². The summed E-state index contributed by atoms with van der Waals surface area (Å²) in [5, 5.41) is 9.15. The first-order valence-corrected chi connectivity index (χ1v) is 6.19. The third-order valence-electron chi connectivity index (χ3n) is 2.63. The van der Waals surface area contributed by atoms with Crippen LogP contribution in [0.4, 0.5) is 4.79 Å². The number of carbonyl (C=O) groups excluding carboxylic acids is 1. The van der Waals surface area contributed by atoms with Crippen LogP contribution in [0.3, 0.4) is 0 Å². The van der Waals surface area contributed by atoms with Crippen molar-refractivity contribution in [1.29, 1.82) is 0 Å². The number of amides is 1. The van der Waals surface area contributed by atoms with Gasteiger partial charge in [0.05, 0.1) is 18.2 Å². The highest BCUT2D eigenvalue weighted by molar-refractivity contribution is 5.80. The first-order valence-electron chi connectivity index (χ1n) is 6.19. The highest BCUT2D eigenvalue weighted by Crippen LogP contribution is 2.25. The molecule has 108 valence electrons. The van der Waals surface area contributed by atoms with Crippen LogP contribution in [-0.2, 0) is 14.3 Å². The zero-order chi connectivity index (χ0) is 14.6.